The number of thioether (sulfide) groups is 1. The first kappa shape index (κ1) is 31.6. The van der Waals surface area contributed by atoms with E-state index in [0.29, 0.717) is 17.7 Å². The van der Waals surface area contributed by atoms with Crippen molar-refractivity contribution in [2.75, 3.05) is 12.0 Å². The van der Waals surface area contributed by atoms with Crippen LogP contribution in [-0.4, -0.2) is 92.2 Å². The summed E-state index contributed by atoms with van der Waals surface area (Å²) in [5.41, 5.74) is 7.50. The molecule has 0 saturated heterocycles. The first-order chi connectivity index (χ1) is 18.4. The van der Waals surface area contributed by atoms with Gasteiger partial charge in [0.2, 0.25) is 17.7 Å². The molecule has 1 aromatic heterocycles. The highest BCUT2D eigenvalue weighted by molar-refractivity contribution is 7.98. The zero-order valence-electron chi connectivity index (χ0n) is 21.7. The molecule has 3 amide bonds. The molecule has 9 N–H and O–H groups in total. The van der Waals surface area contributed by atoms with Crippen LogP contribution in [0.15, 0.2) is 30.5 Å². The van der Waals surface area contributed by atoms with Gasteiger partial charge in [0.25, 0.3) is 0 Å². The summed E-state index contributed by atoms with van der Waals surface area (Å²) in [5.74, 6) is -4.48. The molecule has 1 aromatic carbocycles. The van der Waals surface area contributed by atoms with E-state index in [-0.39, 0.29) is 12.8 Å². The Morgan fingerprint density at radius 3 is 2.23 bits per heavy atom. The second-order valence-electron chi connectivity index (χ2n) is 9.07. The van der Waals surface area contributed by atoms with E-state index in [2.05, 4.69) is 20.9 Å². The van der Waals surface area contributed by atoms with Crippen LogP contribution in [0.25, 0.3) is 10.9 Å². The average Bonchev–Trinajstić information content (AvgIpc) is 3.29. The number of nitrogens with one attached hydrogen (secondary N) is 4. The minimum absolute atomic E-state index is 0.0233. The maximum atomic E-state index is 13.4. The second kappa shape index (κ2) is 15.1. The Hall–Kier alpha value is -3.62. The number of benzene rings is 1. The third-order valence-corrected chi connectivity index (χ3v) is 6.67. The molecular weight excluding hydrogens is 530 g/mol. The highest BCUT2D eigenvalue weighted by atomic mass is 32.2. The number of para-hydroxylation sites is 1. The van der Waals surface area contributed by atoms with E-state index in [1.54, 1.807) is 6.20 Å². The Labute approximate surface area is 229 Å². The Balaban J connectivity index is 2.31. The maximum Gasteiger partial charge on any atom is 0.328 e. The molecular formula is C25H35N5O8S. The lowest BCUT2D eigenvalue weighted by atomic mass is 10.0. The number of nitrogens with two attached hydrogens (primary N) is 1. The molecule has 1 heterocycles. The van der Waals surface area contributed by atoms with Crippen LogP contribution in [0, 0.1) is 0 Å². The molecule has 5 atom stereocenters. The van der Waals surface area contributed by atoms with Crippen LogP contribution in [0.2, 0.25) is 0 Å². The maximum absolute atomic E-state index is 13.4. The quantitative estimate of drug-likeness (QED) is 0.131. The van der Waals surface area contributed by atoms with Gasteiger partial charge < -0.3 is 42.0 Å². The van der Waals surface area contributed by atoms with Gasteiger partial charge in [0.05, 0.1) is 12.1 Å². The van der Waals surface area contributed by atoms with Crippen LogP contribution < -0.4 is 21.7 Å². The Kier molecular flexibility index (Phi) is 12.2. The van der Waals surface area contributed by atoms with Gasteiger partial charge in [0.1, 0.15) is 12.1 Å². The predicted molar refractivity (Wildman–Crippen MR) is 145 cm³/mol. The molecule has 2 aromatic rings. The van der Waals surface area contributed by atoms with Gasteiger partial charge >= 0.3 is 11.9 Å². The van der Waals surface area contributed by atoms with Gasteiger partial charge in [-0.15, -0.1) is 0 Å². The molecule has 0 aliphatic rings. The van der Waals surface area contributed by atoms with Crippen molar-refractivity contribution >= 4 is 52.3 Å². The molecule has 39 heavy (non-hydrogen) atoms. The Morgan fingerprint density at radius 1 is 0.974 bits per heavy atom. The fourth-order valence-electron chi connectivity index (χ4n) is 3.84. The average molecular weight is 566 g/mol. The number of aliphatic carboxylic acids is 2. The van der Waals surface area contributed by atoms with E-state index in [1.165, 1.54) is 11.8 Å². The predicted octanol–water partition coefficient (Wildman–Crippen LogP) is -0.425. The number of aliphatic hydroxyl groups is 1. The fourth-order valence-corrected chi connectivity index (χ4v) is 4.33. The highest BCUT2D eigenvalue weighted by Gasteiger charge is 2.32. The fraction of sp³-hybridized carbons (Fsp3) is 0.480. The molecule has 0 spiro atoms. The number of hydrogen-bond donors (Lipinski definition) is 8. The van der Waals surface area contributed by atoms with Gasteiger partial charge in [-0.3, -0.25) is 19.2 Å². The molecule has 0 fully saturated rings. The molecule has 2 rings (SSSR count). The number of aliphatic hydroxyl groups excluding tert-OH is 1. The monoisotopic (exact) mass is 565 g/mol. The summed E-state index contributed by atoms with van der Waals surface area (Å²) in [6, 6.07) is 2.13. The SMILES string of the molecule is CSCCC(N)C(=O)NC(Cc1c[nH]c2ccccc12)C(=O)NC(CCC(=O)O)C(=O)NC(C(=O)O)C(C)O. The topological polar surface area (TPSA) is 224 Å². The van der Waals surface area contributed by atoms with Gasteiger partial charge in [0, 0.05) is 29.9 Å². The van der Waals surface area contributed by atoms with Gasteiger partial charge in [-0.2, -0.15) is 11.8 Å². The van der Waals surface area contributed by atoms with E-state index in [0.717, 1.165) is 17.8 Å². The Bertz CT molecular complexity index is 1170. The summed E-state index contributed by atoms with van der Waals surface area (Å²) in [6.07, 6.45) is 1.62. The lowest BCUT2D eigenvalue weighted by Gasteiger charge is -2.25. The normalized spacial score (nSPS) is 15.0. The smallest absolute Gasteiger partial charge is 0.328 e. The molecule has 13 nitrogen and oxygen atoms in total. The third-order valence-electron chi connectivity index (χ3n) is 6.03. The summed E-state index contributed by atoms with van der Waals surface area (Å²) in [4.78, 5) is 64.8. The molecule has 0 bridgehead atoms. The summed E-state index contributed by atoms with van der Waals surface area (Å²) < 4.78 is 0. The van der Waals surface area contributed by atoms with E-state index < -0.39 is 66.4 Å². The van der Waals surface area contributed by atoms with Crippen LogP contribution in [0.4, 0.5) is 0 Å². The standard InChI is InChI=1S/C25H35N5O8S/c1-13(31)21(25(37)38)30-23(35)18(7-8-20(32)33)28-24(36)19(29-22(34)16(26)9-10-39-2)11-14-12-27-17-6-4-3-5-15(14)17/h3-6,12-13,16,18-19,21,27,31H,7-11,26H2,1-2H3,(H,28,36)(H,29,34)(H,30,35)(H,32,33)(H,37,38). The summed E-state index contributed by atoms with van der Waals surface area (Å²) in [6.45, 7) is 1.16. The number of amides is 3. The number of rotatable bonds is 16. The largest absolute Gasteiger partial charge is 0.481 e. The number of carboxylic acid groups (broad SMARTS) is 2. The van der Waals surface area contributed by atoms with Crippen LogP contribution in [0.1, 0.15) is 31.7 Å². The van der Waals surface area contributed by atoms with Gasteiger partial charge in [-0.25, -0.2) is 4.79 Å². The zero-order valence-corrected chi connectivity index (χ0v) is 22.5. The number of aromatic nitrogens is 1. The molecule has 0 aliphatic carbocycles. The summed E-state index contributed by atoms with van der Waals surface area (Å²) >= 11 is 1.51. The number of carbonyl (C=O) groups excluding carboxylic acids is 3. The van der Waals surface area contributed by atoms with Crippen LogP contribution in [0.3, 0.4) is 0 Å². The summed E-state index contributed by atoms with van der Waals surface area (Å²) in [5, 5.41) is 36.1. The zero-order chi connectivity index (χ0) is 29.1. The minimum atomic E-state index is -1.68. The first-order valence-electron chi connectivity index (χ1n) is 12.3. The van der Waals surface area contributed by atoms with Crippen molar-refractivity contribution in [3.63, 3.8) is 0 Å². The van der Waals surface area contributed by atoms with Crippen molar-refractivity contribution < 1.29 is 39.3 Å². The van der Waals surface area contributed by atoms with Crippen LogP contribution in [0.5, 0.6) is 0 Å². The number of H-pyrrole nitrogens is 1. The van der Waals surface area contributed by atoms with Crippen LogP contribution >= 0.6 is 11.8 Å². The molecule has 5 unspecified atom stereocenters. The Morgan fingerprint density at radius 2 is 1.62 bits per heavy atom. The minimum Gasteiger partial charge on any atom is -0.481 e. The molecule has 214 valence electrons. The van der Waals surface area contributed by atoms with Crippen LogP contribution in [-0.2, 0) is 30.4 Å². The second-order valence-corrected chi connectivity index (χ2v) is 10.1. The lowest BCUT2D eigenvalue weighted by molar-refractivity contribution is -0.145. The lowest BCUT2D eigenvalue weighted by Crippen LogP contribution is -2.58. The van der Waals surface area contributed by atoms with Crippen molar-refractivity contribution in [2.24, 2.45) is 5.73 Å². The van der Waals surface area contributed by atoms with Crippen molar-refractivity contribution in [3.05, 3.63) is 36.0 Å². The molecule has 0 saturated carbocycles. The molecule has 14 heteroatoms. The molecule has 0 aliphatic heterocycles. The number of carboxylic acids is 2. The van der Waals surface area contributed by atoms with E-state index >= 15 is 0 Å². The highest BCUT2D eigenvalue weighted by Crippen LogP contribution is 2.19. The van der Waals surface area contributed by atoms with E-state index in [4.69, 9.17) is 10.8 Å². The van der Waals surface area contributed by atoms with Gasteiger partial charge in [-0.05, 0) is 43.4 Å². The van der Waals surface area contributed by atoms with Crippen molar-refractivity contribution in [1.82, 2.24) is 20.9 Å². The number of carbonyl (C=O) groups is 5. The van der Waals surface area contributed by atoms with Crippen molar-refractivity contribution in [3.8, 4) is 0 Å². The number of aromatic amines is 1. The first-order valence-corrected chi connectivity index (χ1v) is 13.7. The molecule has 0 radical (unpaired) electrons. The van der Waals surface area contributed by atoms with Crippen molar-refractivity contribution in [2.45, 2.75) is 62.9 Å². The summed E-state index contributed by atoms with van der Waals surface area (Å²) in [7, 11) is 0. The van der Waals surface area contributed by atoms with Gasteiger partial charge in [0.15, 0.2) is 6.04 Å². The number of hydrogen-bond acceptors (Lipinski definition) is 8. The van der Waals surface area contributed by atoms with E-state index in [9.17, 15) is 34.2 Å². The third kappa shape index (κ3) is 9.57. The number of fused-ring (bicyclic) bond motifs is 1. The van der Waals surface area contributed by atoms with E-state index in [1.807, 2.05) is 30.5 Å². The van der Waals surface area contributed by atoms with Crippen molar-refractivity contribution in [1.29, 1.82) is 0 Å². The van der Waals surface area contributed by atoms with Gasteiger partial charge in [-0.1, -0.05) is 18.2 Å².